The summed E-state index contributed by atoms with van der Waals surface area (Å²) in [5, 5.41) is 11.3. The van der Waals surface area contributed by atoms with Gasteiger partial charge in [0.15, 0.2) is 0 Å². The molecule has 2 aromatic heterocycles. The fourth-order valence-corrected chi connectivity index (χ4v) is 3.59. The molecule has 1 aliphatic heterocycles. The first-order chi connectivity index (χ1) is 12.3. The van der Waals surface area contributed by atoms with E-state index < -0.39 is 0 Å². The Bertz CT molecular complexity index is 806. The number of carbonyl (C=O) groups is 1. The largest absolute Gasteiger partial charge is 0.358 e. The number of piperidine rings is 1. The number of nitrogens with zero attached hydrogens (tertiary/aromatic N) is 2. The average Bonchev–Trinajstić information content (AvgIpc) is 3.31. The molecule has 3 N–H and O–H groups in total. The first-order valence-corrected chi connectivity index (χ1v) is 8.88. The summed E-state index contributed by atoms with van der Waals surface area (Å²) in [6.07, 6.45) is 4.70. The van der Waals surface area contributed by atoms with Crippen LogP contribution in [0.3, 0.4) is 0 Å². The third-order valence-electron chi connectivity index (χ3n) is 4.93. The Kier molecular flexibility index (Phi) is 4.41. The summed E-state index contributed by atoms with van der Waals surface area (Å²) in [5.74, 6) is 0.357. The molecule has 25 heavy (non-hydrogen) atoms. The van der Waals surface area contributed by atoms with E-state index in [2.05, 4.69) is 38.7 Å². The second kappa shape index (κ2) is 7.01. The summed E-state index contributed by atoms with van der Waals surface area (Å²) in [6.45, 7) is 2.21. The minimum absolute atomic E-state index is 0.0281. The highest BCUT2D eigenvalue weighted by Gasteiger charge is 2.25. The van der Waals surface area contributed by atoms with Crippen molar-refractivity contribution in [2.45, 2.75) is 25.2 Å². The van der Waals surface area contributed by atoms with E-state index in [1.165, 1.54) is 5.39 Å². The van der Waals surface area contributed by atoms with Gasteiger partial charge in [-0.2, -0.15) is 5.10 Å². The van der Waals surface area contributed by atoms with Gasteiger partial charge in [0.05, 0.1) is 0 Å². The van der Waals surface area contributed by atoms with Crippen molar-refractivity contribution < 1.29 is 4.79 Å². The van der Waals surface area contributed by atoms with Crippen molar-refractivity contribution in [1.82, 2.24) is 25.4 Å². The molecule has 1 aromatic carbocycles. The molecule has 130 valence electrons. The lowest BCUT2D eigenvalue weighted by atomic mass is 9.95. The minimum Gasteiger partial charge on any atom is -0.358 e. The molecule has 1 fully saturated rings. The normalized spacial score (nSPS) is 17.8. The molecule has 6 nitrogen and oxygen atoms in total. The van der Waals surface area contributed by atoms with Crippen LogP contribution in [-0.2, 0) is 6.42 Å². The van der Waals surface area contributed by atoms with Crippen LogP contribution in [-0.4, -0.2) is 45.7 Å². The molecule has 3 heterocycles. The van der Waals surface area contributed by atoms with Gasteiger partial charge >= 0.3 is 6.03 Å². The summed E-state index contributed by atoms with van der Waals surface area (Å²) >= 11 is 0. The van der Waals surface area contributed by atoms with Gasteiger partial charge in [0.2, 0.25) is 0 Å². The van der Waals surface area contributed by atoms with Crippen LogP contribution in [0.5, 0.6) is 0 Å². The summed E-state index contributed by atoms with van der Waals surface area (Å²) in [4.78, 5) is 17.8. The van der Waals surface area contributed by atoms with Gasteiger partial charge in [0.1, 0.15) is 0 Å². The standard InChI is InChI=1S/C19H23N5O/c25-19(24-11-3-5-15(13-24)18-8-10-21-23-18)20-9-7-16-12-14-4-1-2-6-17(14)22-16/h1-2,4,6,8,10,12,15,22H,3,5,7,9,11,13H2,(H,20,25)(H,21,23). The zero-order valence-electron chi connectivity index (χ0n) is 14.2. The number of H-pyrrole nitrogens is 2. The maximum atomic E-state index is 12.5. The van der Waals surface area contributed by atoms with E-state index in [0.29, 0.717) is 12.5 Å². The van der Waals surface area contributed by atoms with E-state index in [0.717, 1.165) is 49.3 Å². The van der Waals surface area contributed by atoms with Gasteiger partial charge in [0.25, 0.3) is 0 Å². The van der Waals surface area contributed by atoms with Crippen LogP contribution in [0.15, 0.2) is 42.6 Å². The lowest BCUT2D eigenvalue weighted by molar-refractivity contribution is 0.179. The Morgan fingerprint density at radius 1 is 1.32 bits per heavy atom. The van der Waals surface area contributed by atoms with E-state index in [-0.39, 0.29) is 6.03 Å². The number of para-hydroxylation sites is 1. The molecule has 0 radical (unpaired) electrons. The first kappa shape index (κ1) is 15.7. The number of aromatic nitrogens is 3. The third-order valence-corrected chi connectivity index (χ3v) is 4.93. The minimum atomic E-state index is 0.0281. The molecule has 0 aliphatic carbocycles. The van der Waals surface area contributed by atoms with Gasteiger partial charge in [-0.3, -0.25) is 5.10 Å². The molecule has 1 saturated heterocycles. The number of rotatable bonds is 4. The molecule has 4 rings (SSSR count). The molecular formula is C19H23N5O. The van der Waals surface area contributed by atoms with Gasteiger partial charge < -0.3 is 15.2 Å². The van der Waals surface area contributed by atoms with Crippen molar-refractivity contribution in [3.05, 3.63) is 54.0 Å². The second-order valence-electron chi connectivity index (χ2n) is 6.66. The number of hydrogen-bond acceptors (Lipinski definition) is 2. The Morgan fingerprint density at radius 2 is 2.24 bits per heavy atom. The highest BCUT2D eigenvalue weighted by molar-refractivity contribution is 5.80. The third kappa shape index (κ3) is 3.52. The number of hydrogen-bond donors (Lipinski definition) is 3. The summed E-state index contributed by atoms with van der Waals surface area (Å²) < 4.78 is 0. The second-order valence-corrected chi connectivity index (χ2v) is 6.66. The van der Waals surface area contributed by atoms with Crippen LogP contribution in [0.4, 0.5) is 4.79 Å². The number of carbonyl (C=O) groups excluding carboxylic acids is 1. The quantitative estimate of drug-likeness (QED) is 0.684. The van der Waals surface area contributed by atoms with E-state index in [1.807, 2.05) is 23.1 Å². The molecule has 1 unspecified atom stereocenters. The number of nitrogens with one attached hydrogen (secondary N) is 3. The van der Waals surface area contributed by atoms with Crippen molar-refractivity contribution >= 4 is 16.9 Å². The predicted octanol–water partition coefficient (Wildman–Crippen LogP) is 3.02. The van der Waals surface area contributed by atoms with Crippen molar-refractivity contribution in [3.8, 4) is 0 Å². The molecule has 6 heteroatoms. The molecule has 1 atom stereocenters. The Labute approximate surface area is 146 Å². The fraction of sp³-hybridized carbons (Fsp3) is 0.368. The van der Waals surface area contributed by atoms with Gasteiger partial charge in [-0.1, -0.05) is 18.2 Å². The van der Waals surface area contributed by atoms with Crippen LogP contribution in [0.2, 0.25) is 0 Å². The topological polar surface area (TPSA) is 76.8 Å². The number of urea groups is 1. The summed E-state index contributed by atoms with van der Waals surface area (Å²) in [7, 11) is 0. The van der Waals surface area contributed by atoms with Crippen molar-refractivity contribution in [2.24, 2.45) is 0 Å². The smallest absolute Gasteiger partial charge is 0.317 e. The maximum Gasteiger partial charge on any atom is 0.317 e. The van der Waals surface area contributed by atoms with Gasteiger partial charge in [-0.15, -0.1) is 0 Å². The van der Waals surface area contributed by atoms with E-state index >= 15 is 0 Å². The van der Waals surface area contributed by atoms with Crippen molar-refractivity contribution in [3.63, 3.8) is 0 Å². The van der Waals surface area contributed by atoms with Gasteiger partial charge in [0, 0.05) is 55.1 Å². The van der Waals surface area contributed by atoms with Crippen LogP contribution < -0.4 is 5.32 Å². The van der Waals surface area contributed by atoms with E-state index in [9.17, 15) is 4.79 Å². The first-order valence-electron chi connectivity index (χ1n) is 8.88. The lowest BCUT2D eigenvalue weighted by Gasteiger charge is -2.32. The van der Waals surface area contributed by atoms with Crippen molar-refractivity contribution in [2.75, 3.05) is 19.6 Å². The SMILES string of the molecule is O=C(NCCc1cc2ccccc2[nH]1)N1CCCC(c2ccn[nH]2)C1. The maximum absolute atomic E-state index is 12.5. The van der Waals surface area contributed by atoms with E-state index in [1.54, 1.807) is 6.20 Å². The van der Waals surface area contributed by atoms with Gasteiger partial charge in [-0.25, -0.2) is 4.79 Å². The fourth-order valence-electron chi connectivity index (χ4n) is 3.59. The highest BCUT2D eigenvalue weighted by atomic mass is 16.2. The van der Waals surface area contributed by atoms with Crippen LogP contribution >= 0.6 is 0 Å². The lowest BCUT2D eigenvalue weighted by Crippen LogP contribution is -2.45. The van der Waals surface area contributed by atoms with Gasteiger partial charge in [-0.05, 0) is 36.4 Å². The Hall–Kier alpha value is -2.76. The summed E-state index contributed by atoms with van der Waals surface area (Å²) in [5.41, 5.74) is 3.41. The number of aromatic amines is 2. The number of fused-ring (bicyclic) bond motifs is 1. The van der Waals surface area contributed by atoms with E-state index in [4.69, 9.17) is 0 Å². The molecule has 1 aliphatic rings. The van der Waals surface area contributed by atoms with Crippen LogP contribution in [0.25, 0.3) is 10.9 Å². The molecule has 0 spiro atoms. The zero-order valence-corrected chi connectivity index (χ0v) is 14.2. The van der Waals surface area contributed by atoms with Crippen molar-refractivity contribution in [1.29, 1.82) is 0 Å². The monoisotopic (exact) mass is 337 g/mol. The number of benzene rings is 1. The summed E-state index contributed by atoms with van der Waals surface area (Å²) in [6, 6.07) is 12.4. The zero-order chi connectivity index (χ0) is 17.1. The number of amides is 2. The molecular weight excluding hydrogens is 314 g/mol. The molecule has 0 bridgehead atoms. The number of likely N-dealkylation sites (tertiary alicyclic amines) is 1. The average molecular weight is 337 g/mol. The molecule has 2 amide bonds. The Balaban J connectivity index is 1.29. The van der Waals surface area contributed by atoms with Crippen LogP contribution in [0, 0.1) is 0 Å². The van der Waals surface area contributed by atoms with Crippen LogP contribution in [0.1, 0.15) is 30.1 Å². The predicted molar refractivity (Wildman–Crippen MR) is 97.5 cm³/mol. The Morgan fingerprint density at radius 3 is 3.08 bits per heavy atom. The highest BCUT2D eigenvalue weighted by Crippen LogP contribution is 2.25. The molecule has 3 aromatic rings. The molecule has 0 saturated carbocycles.